The van der Waals surface area contributed by atoms with Gasteiger partial charge in [-0.15, -0.1) is 5.10 Å². The lowest BCUT2D eigenvalue weighted by Gasteiger charge is -2.40. The minimum atomic E-state index is -1.64. The van der Waals surface area contributed by atoms with Crippen LogP contribution in [0.25, 0.3) is 0 Å². The molecule has 1 aromatic carbocycles. The molecule has 1 amide bonds. The van der Waals surface area contributed by atoms with Gasteiger partial charge >= 0.3 is 18.0 Å². The number of halogens is 1. The highest BCUT2D eigenvalue weighted by Crippen LogP contribution is 2.26. The SMILES string of the molecule is CC(=O)OC[C@@H](C)CC1OCC(F)C(OC(C)=O)[C@H]1NC(=O)OCc1cn(Cc2ccccc2)nn1. The molecule has 3 unspecified atom stereocenters. The Balaban J connectivity index is 1.60. The summed E-state index contributed by atoms with van der Waals surface area (Å²) in [4.78, 5) is 35.3. The van der Waals surface area contributed by atoms with E-state index in [0.29, 0.717) is 18.7 Å². The largest absolute Gasteiger partial charge is 0.466 e. The smallest absolute Gasteiger partial charge is 0.407 e. The van der Waals surface area contributed by atoms with Crippen LogP contribution in [0, 0.1) is 5.92 Å². The molecule has 12 heteroatoms. The van der Waals surface area contributed by atoms with Crippen LogP contribution in [0.4, 0.5) is 9.18 Å². The van der Waals surface area contributed by atoms with Gasteiger partial charge in [0.2, 0.25) is 0 Å². The van der Waals surface area contributed by atoms with Crippen molar-refractivity contribution in [3.63, 3.8) is 0 Å². The Morgan fingerprint density at radius 3 is 2.64 bits per heavy atom. The Hall–Kier alpha value is -3.54. The fourth-order valence-electron chi connectivity index (χ4n) is 3.87. The van der Waals surface area contributed by atoms with Crippen LogP contribution in [0.3, 0.4) is 0 Å². The maximum atomic E-state index is 14.6. The van der Waals surface area contributed by atoms with Gasteiger partial charge in [0, 0.05) is 13.8 Å². The van der Waals surface area contributed by atoms with Gasteiger partial charge in [-0.3, -0.25) is 9.59 Å². The third-order valence-electron chi connectivity index (χ3n) is 5.50. The van der Waals surface area contributed by atoms with Gasteiger partial charge in [-0.2, -0.15) is 0 Å². The number of ether oxygens (including phenoxy) is 4. The molecule has 1 aliphatic rings. The summed E-state index contributed by atoms with van der Waals surface area (Å²) < 4.78 is 37.3. The molecular formula is C24H31FN4O7. The Bertz CT molecular complexity index is 1020. The van der Waals surface area contributed by atoms with E-state index in [1.54, 1.807) is 10.9 Å². The molecule has 3 rings (SSSR count). The summed E-state index contributed by atoms with van der Waals surface area (Å²) in [6, 6.07) is 8.66. The molecule has 196 valence electrons. The zero-order chi connectivity index (χ0) is 26.1. The van der Waals surface area contributed by atoms with Gasteiger partial charge in [-0.05, 0) is 17.9 Å². The second-order valence-corrected chi connectivity index (χ2v) is 8.74. The first-order valence-electron chi connectivity index (χ1n) is 11.6. The molecule has 0 saturated carbocycles. The maximum absolute atomic E-state index is 14.6. The van der Waals surface area contributed by atoms with Crippen molar-refractivity contribution in [1.29, 1.82) is 0 Å². The molecule has 0 radical (unpaired) electrons. The maximum Gasteiger partial charge on any atom is 0.407 e. The lowest BCUT2D eigenvalue weighted by molar-refractivity contribution is -0.171. The number of alkyl carbamates (subject to hydrolysis) is 1. The zero-order valence-electron chi connectivity index (χ0n) is 20.5. The Morgan fingerprint density at radius 2 is 1.94 bits per heavy atom. The predicted molar refractivity (Wildman–Crippen MR) is 123 cm³/mol. The summed E-state index contributed by atoms with van der Waals surface area (Å²) >= 11 is 0. The number of alkyl halides is 1. The molecule has 1 fully saturated rings. The molecule has 0 bridgehead atoms. The van der Waals surface area contributed by atoms with Gasteiger partial charge in [0.15, 0.2) is 12.3 Å². The second-order valence-electron chi connectivity index (χ2n) is 8.74. The summed E-state index contributed by atoms with van der Waals surface area (Å²) in [6.45, 7) is 4.45. The molecular weight excluding hydrogens is 475 g/mol. The first-order valence-corrected chi connectivity index (χ1v) is 11.6. The molecule has 11 nitrogen and oxygen atoms in total. The number of hydrogen-bond acceptors (Lipinski definition) is 9. The van der Waals surface area contributed by atoms with Crippen LogP contribution in [0.5, 0.6) is 0 Å². The molecule has 0 aliphatic carbocycles. The van der Waals surface area contributed by atoms with Crippen LogP contribution >= 0.6 is 0 Å². The van der Waals surface area contributed by atoms with Crippen LogP contribution in [0.15, 0.2) is 36.5 Å². The second kappa shape index (κ2) is 13.0. The quantitative estimate of drug-likeness (QED) is 0.380. The fraction of sp³-hybridized carbons (Fsp3) is 0.542. The number of nitrogens with zero attached hydrogens (tertiary/aromatic N) is 3. The minimum Gasteiger partial charge on any atom is -0.466 e. The number of carbonyl (C=O) groups excluding carboxylic acids is 3. The first-order chi connectivity index (χ1) is 17.2. The summed E-state index contributed by atoms with van der Waals surface area (Å²) in [5.74, 6) is -1.27. The fourth-order valence-corrected chi connectivity index (χ4v) is 3.87. The average Bonchev–Trinajstić information content (AvgIpc) is 3.28. The molecule has 5 atom stereocenters. The third kappa shape index (κ3) is 8.29. The number of esters is 2. The monoisotopic (exact) mass is 506 g/mol. The lowest BCUT2D eigenvalue weighted by atomic mass is 9.91. The standard InChI is InChI=1S/C24H31FN4O7/c1-15(12-33-16(2)30)9-21-22(23(36-17(3)31)20(25)14-34-21)26-24(32)35-13-19-11-29(28-27-19)10-18-7-5-4-6-8-18/h4-8,11,15,20-23H,9-10,12-14H2,1-3H3,(H,26,32)/t15-,20?,21?,22-,23?/m0/s1. The number of carbonyl (C=O) groups is 3. The number of rotatable bonds is 10. The van der Waals surface area contributed by atoms with Crippen LogP contribution in [0.1, 0.15) is 38.4 Å². The summed E-state index contributed by atoms with van der Waals surface area (Å²) in [5, 5.41) is 10.6. The van der Waals surface area contributed by atoms with Gasteiger partial charge < -0.3 is 24.3 Å². The normalized spacial score (nSPS) is 22.3. The van der Waals surface area contributed by atoms with E-state index in [-0.39, 0.29) is 25.7 Å². The van der Waals surface area contributed by atoms with Gasteiger partial charge in [-0.1, -0.05) is 42.5 Å². The van der Waals surface area contributed by atoms with E-state index in [2.05, 4.69) is 15.6 Å². The van der Waals surface area contributed by atoms with Crippen LogP contribution in [-0.2, 0) is 41.7 Å². The van der Waals surface area contributed by atoms with Gasteiger partial charge in [0.1, 0.15) is 12.3 Å². The van der Waals surface area contributed by atoms with Crippen molar-refractivity contribution >= 4 is 18.0 Å². The Kier molecular flexibility index (Phi) is 9.74. The predicted octanol–water partition coefficient (Wildman–Crippen LogP) is 2.18. The summed E-state index contributed by atoms with van der Waals surface area (Å²) in [5.41, 5.74) is 1.46. The number of hydrogen-bond donors (Lipinski definition) is 1. The molecule has 1 saturated heterocycles. The van der Waals surface area contributed by atoms with Crippen molar-refractivity contribution in [2.75, 3.05) is 13.2 Å². The van der Waals surface area contributed by atoms with Crippen molar-refractivity contribution in [2.45, 2.75) is 64.8 Å². The van der Waals surface area contributed by atoms with E-state index < -0.39 is 42.5 Å². The van der Waals surface area contributed by atoms with Crippen molar-refractivity contribution in [3.8, 4) is 0 Å². The van der Waals surface area contributed by atoms with Gasteiger partial charge in [-0.25, -0.2) is 13.9 Å². The average molecular weight is 507 g/mol. The first kappa shape index (κ1) is 27.1. The Labute approximate surface area is 208 Å². The molecule has 2 aromatic rings. The molecule has 2 heterocycles. The van der Waals surface area contributed by atoms with Crippen molar-refractivity contribution in [3.05, 3.63) is 47.8 Å². The van der Waals surface area contributed by atoms with Crippen LogP contribution in [0.2, 0.25) is 0 Å². The summed E-state index contributed by atoms with van der Waals surface area (Å²) in [7, 11) is 0. The number of amides is 1. The number of nitrogens with one attached hydrogen (secondary N) is 1. The highest BCUT2D eigenvalue weighted by atomic mass is 19.1. The number of benzene rings is 1. The van der Waals surface area contributed by atoms with Crippen molar-refractivity contribution < 1.29 is 37.7 Å². The topological polar surface area (TPSA) is 131 Å². The van der Waals surface area contributed by atoms with E-state index in [1.165, 1.54) is 6.92 Å². The van der Waals surface area contributed by atoms with E-state index in [9.17, 15) is 18.8 Å². The molecule has 1 N–H and O–H groups in total. The van der Waals surface area contributed by atoms with Crippen molar-refractivity contribution in [1.82, 2.24) is 20.3 Å². The van der Waals surface area contributed by atoms with E-state index in [1.807, 2.05) is 37.3 Å². The van der Waals surface area contributed by atoms with Crippen LogP contribution < -0.4 is 5.32 Å². The highest BCUT2D eigenvalue weighted by Gasteiger charge is 2.44. The molecule has 36 heavy (non-hydrogen) atoms. The third-order valence-corrected chi connectivity index (χ3v) is 5.50. The number of aromatic nitrogens is 3. The van der Waals surface area contributed by atoms with Gasteiger partial charge in [0.05, 0.1) is 38.1 Å². The molecule has 1 aromatic heterocycles. The van der Waals surface area contributed by atoms with E-state index in [4.69, 9.17) is 18.9 Å². The molecule has 1 aliphatic heterocycles. The molecule has 0 spiro atoms. The highest BCUT2D eigenvalue weighted by molar-refractivity contribution is 5.69. The van der Waals surface area contributed by atoms with Gasteiger partial charge in [0.25, 0.3) is 0 Å². The lowest BCUT2D eigenvalue weighted by Crippen LogP contribution is -2.61. The van der Waals surface area contributed by atoms with E-state index in [0.717, 1.165) is 12.5 Å². The zero-order valence-corrected chi connectivity index (χ0v) is 20.5. The summed E-state index contributed by atoms with van der Waals surface area (Å²) in [6.07, 6.45) is -2.49. The van der Waals surface area contributed by atoms with Crippen LogP contribution in [-0.4, -0.2) is 70.7 Å². The minimum absolute atomic E-state index is 0.127. The van der Waals surface area contributed by atoms with E-state index >= 15 is 0 Å². The van der Waals surface area contributed by atoms with Crippen molar-refractivity contribution in [2.24, 2.45) is 5.92 Å². The Morgan fingerprint density at radius 1 is 1.19 bits per heavy atom.